The number of halogens is 1. The summed E-state index contributed by atoms with van der Waals surface area (Å²) in [6.45, 7) is 2.93. The topological polar surface area (TPSA) is 89.1 Å². The minimum Gasteiger partial charge on any atom is -0.397 e. The second-order valence-corrected chi connectivity index (χ2v) is 6.51. The van der Waals surface area contributed by atoms with Crippen molar-refractivity contribution in [2.24, 2.45) is 7.05 Å². The number of anilines is 2. The summed E-state index contributed by atoms with van der Waals surface area (Å²) in [5.74, 6) is -0.289. The van der Waals surface area contributed by atoms with Crippen LogP contribution in [0.15, 0.2) is 30.5 Å². The molecular formula is C18H19FN6O. The summed E-state index contributed by atoms with van der Waals surface area (Å²) >= 11 is 0. The SMILES string of the molecule is Cc1c2c(N)c(C(=O)NC3CN(c4ncccc4F)C3)ccc2nn1C. The van der Waals surface area contributed by atoms with Crippen LogP contribution in [0.5, 0.6) is 0 Å². The van der Waals surface area contributed by atoms with E-state index in [1.807, 2.05) is 14.0 Å². The molecule has 0 saturated carbocycles. The summed E-state index contributed by atoms with van der Waals surface area (Å²) in [5, 5.41) is 8.11. The molecular weight excluding hydrogens is 335 g/mol. The largest absolute Gasteiger partial charge is 0.397 e. The first-order chi connectivity index (χ1) is 12.5. The molecule has 0 unspecified atom stereocenters. The number of rotatable bonds is 3. The van der Waals surface area contributed by atoms with Crippen LogP contribution in [0.25, 0.3) is 10.9 Å². The molecule has 1 saturated heterocycles. The van der Waals surface area contributed by atoms with Gasteiger partial charge in [-0.1, -0.05) is 0 Å². The Balaban J connectivity index is 1.48. The van der Waals surface area contributed by atoms with Gasteiger partial charge in [0.2, 0.25) is 0 Å². The highest BCUT2D eigenvalue weighted by Crippen LogP contribution is 2.28. The lowest BCUT2D eigenvalue weighted by atomic mass is 10.0. The van der Waals surface area contributed by atoms with Gasteiger partial charge in [0.05, 0.1) is 22.8 Å². The predicted octanol–water partition coefficient (Wildman–Crippen LogP) is 1.62. The number of aromatic nitrogens is 3. The number of nitrogens with zero attached hydrogens (tertiary/aromatic N) is 4. The van der Waals surface area contributed by atoms with Crippen molar-refractivity contribution in [2.75, 3.05) is 23.7 Å². The lowest BCUT2D eigenvalue weighted by Crippen LogP contribution is -2.60. The van der Waals surface area contributed by atoms with E-state index in [1.54, 1.807) is 34.0 Å². The van der Waals surface area contributed by atoms with E-state index < -0.39 is 0 Å². The van der Waals surface area contributed by atoms with E-state index in [4.69, 9.17) is 5.73 Å². The van der Waals surface area contributed by atoms with Crippen molar-refractivity contribution in [1.82, 2.24) is 20.1 Å². The summed E-state index contributed by atoms with van der Waals surface area (Å²) in [7, 11) is 1.84. The number of nitrogens with one attached hydrogen (secondary N) is 1. The Morgan fingerprint density at radius 1 is 1.35 bits per heavy atom. The van der Waals surface area contributed by atoms with Gasteiger partial charge in [0.15, 0.2) is 11.6 Å². The van der Waals surface area contributed by atoms with Crippen LogP contribution in [0.2, 0.25) is 0 Å². The number of amides is 1. The number of aryl methyl sites for hydroxylation is 2. The molecule has 0 radical (unpaired) electrons. The molecule has 3 aromatic rings. The average molecular weight is 354 g/mol. The minimum absolute atomic E-state index is 0.0750. The lowest BCUT2D eigenvalue weighted by molar-refractivity contribution is 0.0931. The van der Waals surface area contributed by atoms with Crippen molar-refractivity contribution < 1.29 is 9.18 Å². The molecule has 26 heavy (non-hydrogen) atoms. The number of carbonyl (C=O) groups excluding carboxylic acids is 1. The number of hydrogen-bond donors (Lipinski definition) is 2. The molecule has 134 valence electrons. The molecule has 0 atom stereocenters. The van der Waals surface area contributed by atoms with Gasteiger partial charge in [-0.25, -0.2) is 9.37 Å². The van der Waals surface area contributed by atoms with Crippen molar-refractivity contribution in [2.45, 2.75) is 13.0 Å². The van der Waals surface area contributed by atoms with Crippen molar-refractivity contribution in [3.8, 4) is 0 Å². The molecule has 0 bridgehead atoms. The van der Waals surface area contributed by atoms with E-state index in [0.717, 1.165) is 16.6 Å². The Hall–Kier alpha value is -3.16. The molecule has 1 aliphatic rings. The Kier molecular flexibility index (Phi) is 3.75. The third-order valence-corrected chi connectivity index (χ3v) is 4.83. The highest BCUT2D eigenvalue weighted by atomic mass is 19.1. The van der Waals surface area contributed by atoms with Crippen molar-refractivity contribution in [3.05, 3.63) is 47.5 Å². The Labute approximate surface area is 149 Å². The highest BCUT2D eigenvalue weighted by Gasteiger charge is 2.31. The first-order valence-electron chi connectivity index (χ1n) is 8.34. The van der Waals surface area contributed by atoms with Crippen molar-refractivity contribution in [1.29, 1.82) is 0 Å². The van der Waals surface area contributed by atoms with Gasteiger partial charge in [0.1, 0.15) is 0 Å². The van der Waals surface area contributed by atoms with Crippen LogP contribution in [0.3, 0.4) is 0 Å². The first kappa shape index (κ1) is 16.3. The maximum atomic E-state index is 13.7. The number of carbonyl (C=O) groups is 1. The molecule has 1 amide bonds. The van der Waals surface area contributed by atoms with Crippen LogP contribution in [0.1, 0.15) is 16.1 Å². The van der Waals surface area contributed by atoms with Gasteiger partial charge >= 0.3 is 0 Å². The third kappa shape index (κ3) is 2.54. The van der Waals surface area contributed by atoms with Crippen molar-refractivity contribution in [3.63, 3.8) is 0 Å². The van der Waals surface area contributed by atoms with Gasteiger partial charge < -0.3 is 16.0 Å². The maximum Gasteiger partial charge on any atom is 0.253 e. The summed E-state index contributed by atoms with van der Waals surface area (Å²) in [6, 6.07) is 6.34. The fourth-order valence-electron chi connectivity index (χ4n) is 3.28. The monoisotopic (exact) mass is 354 g/mol. The number of nitrogens with two attached hydrogens (primary N) is 1. The Morgan fingerprint density at radius 3 is 2.85 bits per heavy atom. The molecule has 3 N–H and O–H groups in total. The number of nitrogen functional groups attached to an aromatic ring is 1. The minimum atomic E-state index is -0.362. The summed E-state index contributed by atoms with van der Waals surface area (Å²) in [4.78, 5) is 18.4. The van der Waals surface area contributed by atoms with E-state index >= 15 is 0 Å². The molecule has 1 aromatic carbocycles. The summed E-state index contributed by atoms with van der Waals surface area (Å²) in [5.41, 5.74) is 8.75. The summed E-state index contributed by atoms with van der Waals surface area (Å²) < 4.78 is 15.5. The third-order valence-electron chi connectivity index (χ3n) is 4.83. The number of hydrogen-bond acceptors (Lipinski definition) is 5. The highest BCUT2D eigenvalue weighted by molar-refractivity contribution is 6.07. The second-order valence-electron chi connectivity index (χ2n) is 6.51. The Morgan fingerprint density at radius 2 is 2.12 bits per heavy atom. The fourth-order valence-corrected chi connectivity index (χ4v) is 3.28. The molecule has 7 nitrogen and oxygen atoms in total. The smallest absolute Gasteiger partial charge is 0.253 e. The predicted molar refractivity (Wildman–Crippen MR) is 97.5 cm³/mol. The first-order valence-corrected chi connectivity index (χ1v) is 8.34. The number of pyridine rings is 1. The average Bonchev–Trinajstić information content (AvgIpc) is 2.87. The van der Waals surface area contributed by atoms with Gasteiger partial charge in [0.25, 0.3) is 5.91 Å². The zero-order valence-corrected chi connectivity index (χ0v) is 14.5. The van der Waals surface area contributed by atoms with Gasteiger partial charge in [-0.3, -0.25) is 9.48 Å². The molecule has 8 heteroatoms. The fraction of sp³-hybridized carbons (Fsp3) is 0.278. The van der Waals surface area contributed by atoms with Crippen LogP contribution in [-0.4, -0.2) is 39.8 Å². The van der Waals surface area contributed by atoms with Gasteiger partial charge in [0, 0.05) is 37.4 Å². The summed E-state index contributed by atoms with van der Waals surface area (Å²) in [6.07, 6.45) is 1.55. The number of fused-ring (bicyclic) bond motifs is 1. The van der Waals surface area contributed by atoms with Crippen LogP contribution in [-0.2, 0) is 7.05 Å². The van der Waals surface area contributed by atoms with Crippen LogP contribution in [0, 0.1) is 12.7 Å². The molecule has 0 aliphatic carbocycles. The molecule has 4 rings (SSSR count). The molecule has 3 heterocycles. The lowest BCUT2D eigenvalue weighted by Gasteiger charge is -2.40. The zero-order valence-electron chi connectivity index (χ0n) is 14.5. The second kappa shape index (κ2) is 5.98. The molecule has 1 fully saturated rings. The maximum absolute atomic E-state index is 13.7. The van der Waals surface area contributed by atoms with E-state index in [2.05, 4.69) is 15.4 Å². The van der Waals surface area contributed by atoms with E-state index in [-0.39, 0.29) is 17.8 Å². The van der Waals surface area contributed by atoms with E-state index in [9.17, 15) is 9.18 Å². The quantitative estimate of drug-likeness (QED) is 0.698. The number of benzene rings is 1. The van der Waals surface area contributed by atoms with Gasteiger partial charge in [-0.05, 0) is 31.2 Å². The van der Waals surface area contributed by atoms with E-state index in [1.165, 1.54) is 6.07 Å². The molecule has 1 aliphatic heterocycles. The van der Waals surface area contributed by atoms with Gasteiger partial charge in [-0.2, -0.15) is 5.10 Å². The Bertz CT molecular complexity index is 1010. The van der Waals surface area contributed by atoms with E-state index in [0.29, 0.717) is 30.2 Å². The zero-order chi connectivity index (χ0) is 18.4. The van der Waals surface area contributed by atoms with Crippen LogP contribution >= 0.6 is 0 Å². The van der Waals surface area contributed by atoms with Crippen LogP contribution < -0.4 is 16.0 Å². The van der Waals surface area contributed by atoms with Crippen molar-refractivity contribution >= 4 is 28.3 Å². The standard InChI is InChI=1S/C18H19FN6O/c1-10-15-14(23-24(10)2)6-5-12(16(15)20)18(26)22-11-8-25(9-11)17-13(19)4-3-7-21-17/h3-7,11H,8-9,20H2,1-2H3,(H,22,26). The molecule has 0 spiro atoms. The van der Waals surface area contributed by atoms with Crippen LogP contribution in [0.4, 0.5) is 15.9 Å². The normalized spacial score (nSPS) is 14.5. The van der Waals surface area contributed by atoms with Gasteiger partial charge in [-0.15, -0.1) is 0 Å². The molecule has 2 aromatic heterocycles.